The lowest BCUT2D eigenvalue weighted by atomic mass is 9.99. The number of likely N-dealkylation sites (N-methyl/N-ethyl adjacent to an activating group) is 1. The van der Waals surface area contributed by atoms with Gasteiger partial charge in [-0.1, -0.05) is 13.0 Å². The highest BCUT2D eigenvalue weighted by atomic mass is 16.3. The molecule has 0 bridgehead atoms. The molecule has 1 aliphatic heterocycles. The van der Waals surface area contributed by atoms with Crippen LogP contribution in [0.3, 0.4) is 0 Å². The molecule has 1 saturated heterocycles. The fraction of sp³-hybridized carbons (Fsp3) is 0.684. The zero-order valence-electron chi connectivity index (χ0n) is 15.3. The number of pyridine rings is 1. The van der Waals surface area contributed by atoms with Gasteiger partial charge in [-0.25, -0.2) is 9.78 Å². The lowest BCUT2D eigenvalue weighted by molar-refractivity contribution is 0.113. The predicted molar refractivity (Wildman–Crippen MR) is 98.4 cm³/mol. The Balaban J connectivity index is 1.44. The van der Waals surface area contributed by atoms with Crippen molar-refractivity contribution in [1.82, 2.24) is 15.2 Å². The van der Waals surface area contributed by atoms with Gasteiger partial charge in [-0.2, -0.15) is 0 Å². The summed E-state index contributed by atoms with van der Waals surface area (Å²) in [6, 6.07) is 3.91. The van der Waals surface area contributed by atoms with Crippen molar-refractivity contribution in [2.45, 2.75) is 45.3 Å². The second-order valence-corrected chi connectivity index (χ2v) is 7.64. The average Bonchev–Trinajstić information content (AvgIpc) is 3.46. The summed E-state index contributed by atoms with van der Waals surface area (Å²) in [4.78, 5) is 20.6. The number of nitrogens with one attached hydrogen (secondary N) is 1. The smallest absolute Gasteiger partial charge is 0.317 e. The maximum absolute atomic E-state index is 12.1. The highest BCUT2D eigenvalue weighted by Gasteiger charge is 2.31. The normalized spacial score (nSPS) is 19.6. The summed E-state index contributed by atoms with van der Waals surface area (Å²) in [6.45, 7) is 5.28. The number of carbonyl (C=O) groups excluding carboxylic acids is 1. The standard InChI is InChI=1S/C19H30N4O2/c1-14-7-9-23(10-8-14)18-6-3-15(11-20-18)12-21-19(25)22(2)13-17(24)16-4-5-16/h3,6,11,14,16-17,24H,4-5,7-10,12-13H2,1-2H3,(H,21,25). The molecule has 2 N–H and O–H groups in total. The summed E-state index contributed by atoms with van der Waals surface area (Å²) in [5.41, 5.74) is 0.985. The first-order valence-electron chi connectivity index (χ1n) is 9.40. The number of aliphatic hydroxyl groups is 1. The molecule has 25 heavy (non-hydrogen) atoms. The fourth-order valence-electron chi connectivity index (χ4n) is 3.25. The second-order valence-electron chi connectivity index (χ2n) is 7.64. The lowest BCUT2D eigenvalue weighted by Gasteiger charge is -2.31. The molecule has 3 rings (SSSR count). The molecule has 6 heteroatoms. The van der Waals surface area contributed by atoms with Gasteiger partial charge in [0.25, 0.3) is 0 Å². The van der Waals surface area contributed by atoms with Crippen LogP contribution in [-0.2, 0) is 6.54 Å². The first-order valence-corrected chi connectivity index (χ1v) is 9.40. The van der Waals surface area contributed by atoms with Gasteiger partial charge in [-0.3, -0.25) is 0 Å². The summed E-state index contributed by atoms with van der Waals surface area (Å²) in [5.74, 6) is 2.21. The van der Waals surface area contributed by atoms with E-state index >= 15 is 0 Å². The Morgan fingerprint density at radius 1 is 1.36 bits per heavy atom. The van der Waals surface area contributed by atoms with Crippen LogP contribution in [0.1, 0.15) is 38.2 Å². The third-order valence-electron chi connectivity index (χ3n) is 5.33. The van der Waals surface area contributed by atoms with Gasteiger partial charge in [0.2, 0.25) is 0 Å². The molecule has 1 atom stereocenters. The number of urea groups is 1. The van der Waals surface area contributed by atoms with E-state index in [2.05, 4.69) is 22.1 Å². The summed E-state index contributed by atoms with van der Waals surface area (Å²) in [6.07, 6.45) is 6.03. The van der Waals surface area contributed by atoms with Crippen molar-refractivity contribution in [3.05, 3.63) is 23.9 Å². The number of aromatic nitrogens is 1. The number of nitrogens with zero attached hydrogens (tertiary/aromatic N) is 3. The number of amides is 2. The van der Waals surface area contributed by atoms with E-state index in [0.29, 0.717) is 19.0 Å². The van der Waals surface area contributed by atoms with E-state index in [4.69, 9.17) is 0 Å². The van der Waals surface area contributed by atoms with Crippen LogP contribution in [0.4, 0.5) is 10.6 Å². The minimum absolute atomic E-state index is 0.159. The molecule has 1 unspecified atom stereocenters. The Labute approximate surface area is 150 Å². The number of hydrogen-bond donors (Lipinski definition) is 2. The molecule has 138 valence electrons. The lowest BCUT2D eigenvalue weighted by Crippen LogP contribution is -2.41. The Morgan fingerprint density at radius 2 is 2.08 bits per heavy atom. The number of piperidine rings is 1. The minimum atomic E-state index is -0.399. The highest BCUT2D eigenvalue weighted by Crippen LogP contribution is 2.32. The SMILES string of the molecule is CC1CCN(c2ccc(CNC(=O)N(C)CC(O)C3CC3)cn2)CC1. The molecule has 1 saturated carbocycles. The topological polar surface area (TPSA) is 68.7 Å². The first kappa shape index (κ1) is 18.0. The van der Waals surface area contributed by atoms with Crippen LogP contribution in [0.5, 0.6) is 0 Å². The molecule has 1 aromatic rings. The van der Waals surface area contributed by atoms with Gasteiger partial charge in [0.05, 0.1) is 6.10 Å². The van der Waals surface area contributed by atoms with Crippen LogP contribution in [0.2, 0.25) is 0 Å². The van der Waals surface area contributed by atoms with Gasteiger partial charge in [0, 0.05) is 39.4 Å². The van der Waals surface area contributed by atoms with E-state index < -0.39 is 6.10 Å². The van der Waals surface area contributed by atoms with Crippen molar-refractivity contribution in [3.8, 4) is 0 Å². The molecule has 0 radical (unpaired) electrons. The third-order valence-corrected chi connectivity index (χ3v) is 5.33. The van der Waals surface area contributed by atoms with Crippen LogP contribution in [-0.4, -0.2) is 53.8 Å². The largest absolute Gasteiger partial charge is 0.391 e. The van der Waals surface area contributed by atoms with E-state index in [1.807, 2.05) is 18.3 Å². The van der Waals surface area contributed by atoms with Crippen molar-refractivity contribution >= 4 is 11.8 Å². The number of rotatable bonds is 6. The monoisotopic (exact) mass is 346 g/mol. The molecule has 0 spiro atoms. The number of aliphatic hydroxyl groups excluding tert-OH is 1. The summed E-state index contributed by atoms with van der Waals surface area (Å²) < 4.78 is 0. The van der Waals surface area contributed by atoms with Crippen molar-refractivity contribution in [1.29, 1.82) is 0 Å². The van der Waals surface area contributed by atoms with E-state index in [0.717, 1.165) is 43.2 Å². The average molecular weight is 346 g/mol. The van der Waals surface area contributed by atoms with Crippen LogP contribution in [0.15, 0.2) is 18.3 Å². The molecule has 1 aromatic heterocycles. The molecule has 2 heterocycles. The Kier molecular flexibility index (Phi) is 5.78. The Morgan fingerprint density at radius 3 is 2.68 bits per heavy atom. The van der Waals surface area contributed by atoms with Gasteiger partial charge in [0.15, 0.2) is 0 Å². The molecule has 1 aliphatic carbocycles. The van der Waals surface area contributed by atoms with Crippen molar-refractivity contribution in [2.75, 3.05) is 31.6 Å². The van der Waals surface area contributed by atoms with E-state index in [1.54, 1.807) is 11.9 Å². The van der Waals surface area contributed by atoms with Gasteiger partial charge >= 0.3 is 6.03 Å². The minimum Gasteiger partial charge on any atom is -0.391 e. The van der Waals surface area contributed by atoms with Crippen molar-refractivity contribution in [3.63, 3.8) is 0 Å². The maximum Gasteiger partial charge on any atom is 0.317 e. The van der Waals surface area contributed by atoms with Crippen LogP contribution in [0.25, 0.3) is 0 Å². The van der Waals surface area contributed by atoms with E-state index in [-0.39, 0.29) is 6.03 Å². The Bertz CT molecular complexity index is 565. The molecule has 2 amide bonds. The van der Waals surface area contributed by atoms with Crippen molar-refractivity contribution < 1.29 is 9.90 Å². The predicted octanol–water partition coefficient (Wildman–Crippen LogP) is 2.23. The van der Waals surface area contributed by atoms with Gasteiger partial charge < -0.3 is 20.2 Å². The van der Waals surface area contributed by atoms with Gasteiger partial charge in [-0.05, 0) is 49.1 Å². The molecular formula is C19H30N4O2. The third kappa shape index (κ3) is 5.08. The van der Waals surface area contributed by atoms with E-state index in [1.165, 1.54) is 12.8 Å². The number of carbonyl (C=O) groups is 1. The summed E-state index contributed by atoms with van der Waals surface area (Å²) in [7, 11) is 1.72. The molecule has 2 aliphatic rings. The van der Waals surface area contributed by atoms with Gasteiger partial charge in [0.1, 0.15) is 5.82 Å². The number of anilines is 1. The zero-order chi connectivity index (χ0) is 17.8. The van der Waals surface area contributed by atoms with E-state index in [9.17, 15) is 9.90 Å². The van der Waals surface area contributed by atoms with Gasteiger partial charge in [-0.15, -0.1) is 0 Å². The molecule has 6 nitrogen and oxygen atoms in total. The quantitative estimate of drug-likeness (QED) is 0.829. The fourth-order valence-corrected chi connectivity index (χ4v) is 3.25. The number of hydrogen-bond acceptors (Lipinski definition) is 4. The molecule has 0 aromatic carbocycles. The van der Waals surface area contributed by atoms with Crippen LogP contribution in [0, 0.1) is 11.8 Å². The second kappa shape index (κ2) is 8.04. The maximum atomic E-state index is 12.1. The first-order chi connectivity index (χ1) is 12.0. The molecular weight excluding hydrogens is 316 g/mol. The summed E-state index contributed by atoms with van der Waals surface area (Å²) in [5, 5.41) is 12.8. The highest BCUT2D eigenvalue weighted by molar-refractivity contribution is 5.73. The van der Waals surface area contributed by atoms with Crippen molar-refractivity contribution in [2.24, 2.45) is 11.8 Å². The molecule has 2 fully saturated rings. The van der Waals surface area contributed by atoms with Crippen LogP contribution >= 0.6 is 0 Å². The zero-order valence-corrected chi connectivity index (χ0v) is 15.3. The van der Waals surface area contributed by atoms with Crippen LogP contribution < -0.4 is 10.2 Å². The summed E-state index contributed by atoms with van der Waals surface area (Å²) >= 11 is 0. The Hall–Kier alpha value is -1.82.